The Morgan fingerprint density at radius 1 is 1.11 bits per heavy atom. The highest BCUT2D eigenvalue weighted by atomic mass is 16.5. The van der Waals surface area contributed by atoms with Crippen molar-refractivity contribution in [2.24, 2.45) is 0 Å². The summed E-state index contributed by atoms with van der Waals surface area (Å²) in [7, 11) is 1.56. The van der Waals surface area contributed by atoms with E-state index in [0.717, 1.165) is 6.42 Å². The lowest BCUT2D eigenvalue weighted by atomic mass is 9.98. The Balaban J connectivity index is 1.73. The molecule has 2 aromatic rings. The van der Waals surface area contributed by atoms with Gasteiger partial charge in [-0.3, -0.25) is 5.43 Å². The van der Waals surface area contributed by atoms with E-state index in [0.29, 0.717) is 29.2 Å². The third-order valence-corrected chi connectivity index (χ3v) is 4.66. The number of carbonyl (C=O) groups excluding carboxylic acids is 1. The summed E-state index contributed by atoms with van der Waals surface area (Å²) in [5.41, 5.74) is 7.53. The van der Waals surface area contributed by atoms with E-state index in [2.05, 4.69) is 10.9 Å². The summed E-state index contributed by atoms with van der Waals surface area (Å²) in [4.78, 5) is 11.9. The lowest BCUT2D eigenvalue weighted by Gasteiger charge is -2.23. The van der Waals surface area contributed by atoms with Gasteiger partial charge < -0.3 is 19.3 Å². The SMILES string of the molecule is CCCOC(=O)c1ccc(OC2C(C)NNC2c2ccc(OC)cc2O)cc1. The van der Waals surface area contributed by atoms with E-state index in [1.54, 1.807) is 43.5 Å². The van der Waals surface area contributed by atoms with Gasteiger partial charge in [0.1, 0.15) is 23.4 Å². The fraction of sp³-hybridized carbons (Fsp3) is 0.381. The number of nitrogens with one attached hydrogen (secondary N) is 2. The monoisotopic (exact) mass is 386 g/mol. The van der Waals surface area contributed by atoms with Crippen LogP contribution in [0.1, 0.15) is 42.2 Å². The summed E-state index contributed by atoms with van der Waals surface area (Å²) >= 11 is 0. The molecule has 0 bridgehead atoms. The van der Waals surface area contributed by atoms with Crippen LogP contribution >= 0.6 is 0 Å². The van der Waals surface area contributed by atoms with E-state index in [1.807, 2.05) is 19.9 Å². The molecule has 0 saturated carbocycles. The molecule has 3 N–H and O–H groups in total. The molecule has 7 nitrogen and oxygen atoms in total. The minimum atomic E-state index is -0.341. The molecule has 1 heterocycles. The maximum Gasteiger partial charge on any atom is 0.338 e. The first-order valence-electron chi connectivity index (χ1n) is 9.35. The van der Waals surface area contributed by atoms with Crippen molar-refractivity contribution in [2.75, 3.05) is 13.7 Å². The van der Waals surface area contributed by atoms with E-state index in [4.69, 9.17) is 14.2 Å². The van der Waals surface area contributed by atoms with Crippen molar-refractivity contribution >= 4 is 5.97 Å². The van der Waals surface area contributed by atoms with Crippen LogP contribution in [0.2, 0.25) is 0 Å². The van der Waals surface area contributed by atoms with Crippen molar-refractivity contribution in [3.05, 3.63) is 53.6 Å². The van der Waals surface area contributed by atoms with Gasteiger partial charge in [0, 0.05) is 11.6 Å². The molecule has 3 atom stereocenters. The lowest BCUT2D eigenvalue weighted by Crippen LogP contribution is -2.33. The van der Waals surface area contributed by atoms with Crippen LogP contribution in [-0.2, 0) is 4.74 Å². The van der Waals surface area contributed by atoms with Crippen LogP contribution in [0, 0.1) is 0 Å². The van der Waals surface area contributed by atoms with Gasteiger partial charge in [-0.05, 0) is 49.7 Å². The summed E-state index contributed by atoms with van der Waals surface area (Å²) in [6.07, 6.45) is 0.517. The van der Waals surface area contributed by atoms with Gasteiger partial charge in [-0.1, -0.05) is 6.92 Å². The highest BCUT2D eigenvalue weighted by molar-refractivity contribution is 5.89. The number of rotatable bonds is 7. The van der Waals surface area contributed by atoms with Crippen LogP contribution in [0.3, 0.4) is 0 Å². The largest absolute Gasteiger partial charge is 0.507 e. The van der Waals surface area contributed by atoms with E-state index in [1.165, 1.54) is 0 Å². The van der Waals surface area contributed by atoms with Gasteiger partial charge in [0.15, 0.2) is 0 Å². The van der Waals surface area contributed by atoms with Gasteiger partial charge in [0.25, 0.3) is 0 Å². The number of aromatic hydroxyl groups is 1. The molecule has 1 aliphatic heterocycles. The van der Waals surface area contributed by atoms with Crippen LogP contribution in [0.5, 0.6) is 17.2 Å². The Kier molecular flexibility index (Phi) is 6.38. The molecule has 28 heavy (non-hydrogen) atoms. The third kappa shape index (κ3) is 4.37. The average Bonchev–Trinajstić information content (AvgIpc) is 3.06. The lowest BCUT2D eigenvalue weighted by molar-refractivity contribution is 0.0505. The van der Waals surface area contributed by atoms with Gasteiger partial charge in [0.05, 0.1) is 31.4 Å². The van der Waals surface area contributed by atoms with Gasteiger partial charge >= 0.3 is 5.97 Å². The summed E-state index contributed by atoms with van der Waals surface area (Å²) < 4.78 is 16.4. The molecule has 1 saturated heterocycles. The Morgan fingerprint density at radius 2 is 1.82 bits per heavy atom. The number of hydrazine groups is 1. The predicted octanol–water partition coefficient (Wildman–Crippen LogP) is 2.95. The maximum absolute atomic E-state index is 11.9. The summed E-state index contributed by atoms with van der Waals surface area (Å²) in [6.45, 7) is 4.35. The number of methoxy groups -OCH3 is 1. The van der Waals surface area contributed by atoms with Gasteiger partial charge in [-0.2, -0.15) is 0 Å². The second-order valence-electron chi connectivity index (χ2n) is 6.72. The molecule has 3 unspecified atom stereocenters. The molecule has 150 valence electrons. The molecule has 0 spiro atoms. The second kappa shape index (κ2) is 8.95. The Morgan fingerprint density at radius 3 is 2.46 bits per heavy atom. The second-order valence-corrected chi connectivity index (χ2v) is 6.72. The Hall–Kier alpha value is -2.77. The minimum absolute atomic E-state index is 0.000646. The van der Waals surface area contributed by atoms with Gasteiger partial charge in [0.2, 0.25) is 0 Å². The van der Waals surface area contributed by atoms with E-state index in [9.17, 15) is 9.90 Å². The van der Waals surface area contributed by atoms with E-state index >= 15 is 0 Å². The normalized spacial score (nSPS) is 21.3. The molecule has 3 rings (SSSR count). The van der Waals surface area contributed by atoms with E-state index in [-0.39, 0.29) is 29.9 Å². The van der Waals surface area contributed by atoms with Crippen molar-refractivity contribution in [1.82, 2.24) is 10.9 Å². The summed E-state index contributed by atoms with van der Waals surface area (Å²) in [5, 5.41) is 10.4. The number of hydrogen-bond acceptors (Lipinski definition) is 7. The number of benzene rings is 2. The highest BCUT2D eigenvalue weighted by Crippen LogP contribution is 2.34. The predicted molar refractivity (Wildman–Crippen MR) is 105 cm³/mol. The highest BCUT2D eigenvalue weighted by Gasteiger charge is 2.37. The Bertz CT molecular complexity index is 809. The first-order chi connectivity index (χ1) is 13.5. The number of phenolic OH excluding ortho intramolecular Hbond substituents is 1. The molecule has 1 aliphatic rings. The maximum atomic E-state index is 11.9. The molecule has 0 amide bonds. The van der Waals surface area contributed by atoms with Crippen LogP contribution in [0.25, 0.3) is 0 Å². The number of hydrogen-bond donors (Lipinski definition) is 3. The number of ether oxygens (including phenoxy) is 3. The zero-order valence-electron chi connectivity index (χ0n) is 16.3. The smallest absolute Gasteiger partial charge is 0.338 e. The summed E-state index contributed by atoms with van der Waals surface area (Å²) in [5.74, 6) is 1.01. The summed E-state index contributed by atoms with van der Waals surface area (Å²) in [6, 6.07) is 11.8. The zero-order valence-corrected chi connectivity index (χ0v) is 16.3. The first-order valence-corrected chi connectivity index (χ1v) is 9.35. The van der Waals surface area contributed by atoms with Crippen molar-refractivity contribution in [2.45, 2.75) is 38.5 Å². The van der Waals surface area contributed by atoms with Crippen molar-refractivity contribution in [1.29, 1.82) is 0 Å². The van der Waals surface area contributed by atoms with Crippen molar-refractivity contribution in [3.8, 4) is 17.2 Å². The molecule has 2 aromatic carbocycles. The van der Waals surface area contributed by atoms with Crippen LogP contribution in [0.4, 0.5) is 0 Å². The zero-order chi connectivity index (χ0) is 20.1. The molecule has 0 radical (unpaired) electrons. The fourth-order valence-electron chi connectivity index (χ4n) is 3.12. The van der Waals surface area contributed by atoms with Crippen LogP contribution in [0.15, 0.2) is 42.5 Å². The average molecular weight is 386 g/mol. The number of esters is 1. The fourth-order valence-corrected chi connectivity index (χ4v) is 3.12. The van der Waals surface area contributed by atoms with Gasteiger partial charge in [-0.25, -0.2) is 10.2 Å². The number of carbonyl (C=O) groups is 1. The topological polar surface area (TPSA) is 89.1 Å². The van der Waals surface area contributed by atoms with Gasteiger partial charge in [-0.15, -0.1) is 0 Å². The van der Waals surface area contributed by atoms with Crippen LogP contribution < -0.4 is 20.3 Å². The molecule has 7 heteroatoms. The van der Waals surface area contributed by atoms with Crippen molar-refractivity contribution in [3.63, 3.8) is 0 Å². The molecule has 0 aromatic heterocycles. The van der Waals surface area contributed by atoms with Crippen molar-refractivity contribution < 1.29 is 24.1 Å². The molecule has 1 fully saturated rings. The standard InChI is InChI=1S/C21H26N2O5/c1-4-11-27-21(25)14-5-7-15(8-6-14)28-20-13(2)22-23-19(20)17-10-9-16(26-3)12-18(17)24/h5-10,12-13,19-20,22-24H,4,11H2,1-3H3. The Labute approximate surface area is 164 Å². The minimum Gasteiger partial charge on any atom is -0.507 e. The number of phenols is 1. The van der Waals surface area contributed by atoms with E-state index < -0.39 is 0 Å². The first kappa shape index (κ1) is 20.0. The molecule has 0 aliphatic carbocycles. The quantitative estimate of drug-likeness (QED) is 0.631. The molecular weight excluding hydrogens is 360 g/mol. The molecular formula is C21H26N2O5. The van der Waals surface area contributed by atoms with Crippen LogP contribution in [-0.4, -0.2) is 36.9 Å². The third-order valence-electron chi connectivity index (χ3n) is 4.66.